The molecule has 1 saturated carbocycles. The maximum atomic E-state index is 9.17. The molecule has 1 aliphatic rings. The van der Waals surface area contributed by atoms with Gasteiger partial charge in [0.1, 0.15) is 16.8 Å². The molecule has 0 atom stereocenters. The Morgan fingerprint density at radius 3 is 2.80 bits per heavy atom. The molecule has 0 amide bonds. The molecule has 2 N–H and O–H groups in total. The summed E-state index contributed by atoms with van der Waals surface area (Å²) in [5.41, 5.74) is -0.164. The Kier molecular flexibility index (Phi) is 2.80. The maximum absolute atomic E-state index is 9.17. The molecule has 0 bridgehead atoms. The van der Waals surface area contributed by atoms with Crippen molar-refractivity contribution in [2.24, 2.45) is 0 Å². The first-order valence-electron chi connectivity index (χ1n) is 5.10. The smallest absolute Gasteiger partial charge is 0.134 e. The van der Waals surface area contributed by atoms with Gasteiger partial charge in [0.2, 0.25) is 0 Å². The Balaban J connectivity index is 2.17. The molecule has 0 unspecified atom stereocenters. The fraction of sp³-hybridized carbons (Fsp3) is 0.600. The van der Waals surface area contributed by atoms with Crippen LogP contribution < -0.4 is 5.32 Å². The van der Waals surface area contributed by atoms with Gasteiger partial charge in [-0.3, -0.25) is 0 Å². The van der Waals surface area contributed by atoms with Crippen LogP contribution in [0, 0.1) is 0 Å². The minimum atomic E-state index is -0.164. The lowest BCUT2D eigenvalue weighted by Crippen LogP contribution is -2.26. The van der Waals surface area contributed by atoms with Gasteiger partial charge in [0.15, 0.2) is 0 Å². The van der Waals surface area contributed by atoms with Gasteiger partial charge in [0, 0.05) is 12.5 Å². The van der Waals surface area contributed by atoms with Gasteiger partial charge in [0.25, 0.3) is 0 Å². The number of nitrogens with one attached hydrogen (secondary N) is 1. The lowest BCUT2D eigenvalue weighted by molar-refractivity contribution is 0.266. The normalized spacial score (nSPS) is 17.5. The molecule has 82 valence electrons. The van der Waals surface area contributed by atoms with Crippen LogP contribution in [0.5, 0.6) is 0 Å². The van der Waals surface area contributed by atoms with E-state index in [1.54, 1.807) is 6.07 Å². The number of halogens is 1. The standard InChI is InChI=1S/C10H14ClN3O/c1-2-8-12-7(11)5-9(13-8)14-10(6-15)3-4-10/h5,15H,2-4,6H2,1H3,(H,12,13,14). The minimum Gasteiger partial charge on any atom is -0.394 e. The van der Waals surface area contributed by atoms with E-state index in [0.717, 1.165) is 25.1 Å². The van der Waals surface area contributed by atoms with E-state index in [1.807, 2.05) is 6.92 Å². The van der Waals surface area contributed by atoms with E-state index in [0.29, 0.717) is 11.0 Å². The lowest BCUT2D eigenvalue weighted by atomic mass is 10.3. The average Bonchev–Trinajstić information content (AvgIpc) is 2.97. The van der Waals surface area contributed by atoms with Crippen LogP contribution in [0.1, 0.15) is 25.6 Å². The molecule has 0 saturated heterocycles. The molecule has 1 aromatic rings. The summed E-state index contributed by atoms with van der Waals surface area (Å²) in [6, 6.07) is 1.69. The van der Waals surface area contributed by atoms with E-state index in [9.17, 15) is 5.11 Å². The van der Waals surface area contributed by atoms with Crippen LogP contribution in [0.15, 0.2) is 6.07 Å². The van der Waals surface area contributed by atoms with Crippen molar-refractivity contribution < 1.29 is 5.11 Å². The second kappa shape index (κ2) is 3.94. The third-order valence-corrected chi connectivity index (χ3v) is 2.80. The molecule has 1 aliphatic carbocycles. The second-order valence-electron chi connectivity index (χ2n) is 3.91. The highest BCUT2D eigenvalue weighted by Crippen LogP contribution is 2.38. The third kappa shape index (κ3) is 2.38. The van der Waals surface area contributed by atoms with Crippen molar-refractivity contribution in [3.05, 3.63) is 17.0 Å². The fourth-order valence-electron chi connectivity index (χ4n) is 1.43. The summed E-state index contributed by atoms with van der Waals surface area (Å²) in [5.74, 6) is 1.43. The minimum absolute atomic E-state index is 0.135. The average molecular weight is 228 g/mol. The molecule has 2 rings (SSSR count). The maximum Gasteiger partial charge on any atom is 0.134 e. The number of hydrogen-bond donors (Lipinski definition) is 2. The number of hydrogen-bond acceptors (Lipinski definition) is 4. The molecule has 1 heterocycles. The zero-order valence-corrected chi connectivity index (χ0v) is 9.38. The van der Waals surface area contributed by atoms with Crippen LogP contribution in [0.3, 0.4) is 0 Å². The number of rotatable bonds is 4. The Bertz CT molecular complexity index is 366. The van der Waals surface area contributed by atoms with E-state index in [2.05, 4.69) is 15.3 Å². The fourth-order valence-corrected chi connectivity index (χ4v) is 1.63. The van der Waals surface area contributed by atoms with Crippen LogP contribution >= 0.6 is 11.6 Å². The molecule has 1 fully saturated rings. The first-order chi connectivity index (χ1) is 7.17. The molecule has 0 aromatic carbocycles. The Hall–Kier alpha value is -0.870. The van der Waals surface area contributed by atoms with Gasteiger partial charge < -0.3 is 10.4 Å². The monoisotopic (exact) mass is 227 g/mol. The van der Waals surface area contributed by atoms with Gasteiger partial charge >= 0.3 is 0 Å². The molecule has 0 radical (unpaired) electrons. The van der Waals surface area contributed by atoms with Gasteiger partial charge in [-0.05, 0) is 12.8 Å². The van der Waals surface area contributed by atoms with E-state index in [-0.39, 0.29) is 12.1 Å². The quantitative estimate of drug-likeness (QED) is 0.768. The predicted molar refractivity (Wildman–Crippen MR) is 59.1 cm³/mol. The van der Waals surface area contributed by atoms with E-state index >= 15 is 0 Å². The number of nitrogens with zero attached hydrogens (tertiary/aromatic N) is 2. The second-order valence-corrected chi connectivity index (χ2v) is 4.30. The topological polar surface area (TPSA) is 58.0 Å². The summed E-state index contributed by atoms with van der Waals surface area (Å²) >= 11 is 5.87. The summed E-state index contributed by atoms with van der Waals surface area (Å²) in [6.07, 6.45) is 2.71. The van der Waals surface area contributed by atoms with Crippen molar-refractivity contribution in [1.82, 2.24) is 9.97 Å². The Labute approximate surface area is 93.7 Å². The molecule has 1 aromatic heterocycles. The van der Waals surface area contributed by atoms with Crippen molar-refractivity contribution in [3.8, 4) is 0 Å². The lowest BCUT2D eigenvalue weighted by Gasteiger charge is -2.15. The van der Waals surface area contributed by atoms with Crippen molar-refractivity contribution in [3.63, 3.8) is 0 Å². The summed E-state index contributed by atoms with van der Waals surface area (Å²) in [5, 5.41) is 12.8. The van der Waals surface area contributed by atoms with Crippen LogP contribution in [0.25, 0.3) is 0 Å². The Morgan fingerprint density at radius 1 is 1.53 bits per heavy atom. The first-order valence-corrected chi connectivity index (χ1v) is 5.48. The largest absolute Gasteiger partial charge is 0.394 e. The summed E-state index contributed by atoms with van der Waals surface area (Å²) < 4.78 is 0. The van der Waals surface area contributed by atoms with Crippen LogP contribution in [-0.4, -0.2) is 27.2 Å². The van der Waals surface area contributed by atoms with Gasteiger partial charge in [-0.25, -0.2) is 9.97 Å². The van der Waals surface area contributed by atoms with Crippen LogP contribution in [0.4, 0.5) is 5.82 Å². The first kappa shape index (κ1) is 10.6. The SMILES string of the molecule is CCc1nc(Cl)cc(NC2(CO)CC2)n1. The Morgan fingerprint density at radius 2 is 2.27 bits per heavy atom. The van der Waals surface area contributed by atoms with Crippen molar-refractivity contribution >= 4 is 17.4 Å². The predicted octanol–water partition coefficient (Wildman–Crippen LogP) is 1.63. The molecule has 4 nitrogen and oxygen atoms in total. The van der Waals surface area contributed by atoms with Gasteiger partial charge in [0.05, 0.1) is 12.1 Å². The van der Waals surface area contributed by atoms with Gasteiger partial charge in [-0.2, -0.15) is 0 Å². The van der Waals surface area contributed by atoms with Crippen LogP contribution in [-0.2, 0) is 6.42 Å². The van der Waals surface area contributed by atoms with E-state index in [4.69, 9.17) is 11.6 Å². The summed E-state index contributed by atoms with van der Waals surface area (Å²) in [7, 11) is 0. The summed E-state index contributed by atoms with van der Waals surface area (Å²) in [4.78, 5) is 8.39. The highest BCUT2D eigenvalue weighted by molar-refractivity contribution is 6.29. The molecular formula is C10H14ClN3O. The van der Waals surface area contributed by atoms with Crippen LogP contribution in [0.2, 0.25) is 5.15 Å². The van der Waals surface area contributed by atoms with Gasteiger partial charge in [-0.1, -0.05) is 18.5 Å². The number of aliphatic hydroxyl groups excluding tert-OH is 1. The number of anilines is 1. The molecule has 15 heavy (non-hydrogen) atoms. The van der Waals surface area contributed by atoms with E-state index < -0.39 is 0 Å². The molecular weight excluding hydrogens is 214 g/mol. The zero-order valence-electron chi connectivity index (χ0n) is 8.63. The zero-order chi connectivity index (χ0) is 10.9. The highest BCUT2D eigenvalue weighted by atomic mass is 35.5. The molecule has 5 heteroatoms. The number of aromatic nitrogens is 2. The molecule has 0 aliphatic heterocycles. The number of aliphatic hydroxyl groups is 1. The third-order valence-electron chi connectivity index (χ3n) is 2.61. The summed E-state index contributed by atoms with van der Waals surface area (Å²) in [6.45, 7) is 2.12. The van der Waals surface area contributed by atoms with Crippen molar-refractivity contribution in [2.75, 3.05) is 11.9 Å². The highest BCUT2D eigenvalue weighted by Gasteiger charge is 2.42. The van der Waals surface area contributed by atoms with E-state index in [1.165, 1.54) is 0 Å². The van der Waals surface area contributed by atoms with Crippen molar-refractivity contribution in [1.29, 1.82) is 0 Å². The van der Waals surface area contributed by atoms with Crippen molar-refractivity contribution in [2.45, 2.75) is 31.7 Å². The molecule has 0 spiro atoms. The van der Waals surface area contributed by atoms with Gasteiger partial charge in [-0.15, -0.1) is 0 Å². The number of aryl methyl sites for hydroxylation is 1.